The number of ether oxygens (including phenoxy) is 5. The first-order valence-electron chi connectivity index (χ1n) is 12.2. The summed E-state index contributed by atoms with van der Waals surface area (Å²) in [5, 5.41) is 10.9. The summed E-state index contributed by atoms with van der Waals surface area (Å²) in [6.45, 7) is 5.38. The zero-order valence-electron chi connectivity index (χ0n) is 20.4. The summed E-state index contributed by atoms with van der Waals surface area (Å²) in [6, 6.07) is 29.6. The lowest BCUT2D eigenvalue weighted by atomic mass is 9.98. The Morgan fingerprint density at radius 1 is 0.667 bits per heavy atom. The van der Waals surface area contributed by atoms with Crippen LogP contribution in [0.15, 0.2) is 104 Å². The van der Waals surface area contributed by atoms with Gasteiger partial charge in [-0.3, -0.25) is 0 Å². The van der Waals surface area contributed by atoms with Crippen molar-refractivity contribution in [3.8, 4) is 0 Å². The van der Waals surface area contributed by atoms with E-state index in [1.165, 1.54) is 0 Å². The van der Waals surface area contributed by atoms with Crippen molar-refractivity contribution in [3.63, 3.8) is 0 Å². The first-order valence-corrected chi connectivity index (χ1v) is 12.2. The number of rotatable bonds is 13. The maximum atomic E-state index is 10.9. The molecule has 6 nitrogen and oxygen atoms in total. The van der Waals surface area contributed by atoms with Crippen LogP contribution in [0.5, 0.6) is 0 Å². The van der Waals surface area contributed by atoms with Gasteiger partial charge in [-0.05, 0) is 16.7 Å². The lowest BCUT2D eigenvalue weighted by Crippen LogP contribution is -2.61. The number of hydrogen-bond donors (Lipinski definition) is 1. The van der Waals surface area contributed by atoms with Crippen LogP contribution in [0.1, 0.15) is 16.7 Å². The van der Waals surface area contributed by atoms with Gasteiger partial charge in [0.25, 0.3) is 0 Å². The number of hydrogen-bond acceptors (Lipinski definition) is 6. The molecule has 1 aliphatic rings. The standard InChI is InChI=1S/C30H34O6/c1-2-18-33-28-27(34-20-24-14-8-4-9-15-24)26(22-32-19-23-12-6-3-7-13-23)36-30(31)29(28)35-21-25-16-10-5-11-17-25/h2-17,26-31H,1,18-22H2/t26-,27-,28+,29+,30?/m1/s1. The van der Waals surface area contributed by atoms with Gasteiger partial charge < -0.3 is 28.8 Å². The highest BCUT2D eigenvalue weighted by Crippen LogP contribution is 2.29. The van der Waals surface area contributed by atoms with Crippen molar-refractivity contribution in [1.82, 2.24) is 0 Å². The first kappa shape index (κ1) is 26.2. The molecule has 1 aliphatic heterocycles. The molecule has 0 aliphatic carbocycles. The minimum atomic E-state index is -1.20. The van der Waals surface area contributed by atoms with Gasteiger partial charge in [-0.1, -0.05) is 97.1 Å². The Morgan fingerprint density at radius 3 is 1.69 bits per heavy atom. The molecule has 0 amide bonds. The Kier molecular flexibility index (Phi) is 10.2. The van der Waals surface area contributed by atoms with E-state index in [1.807, 2.05) is 91.0 Å². The van der Waals surface area contributed by atoms with Crippen molar-refractivity contribution in [3.05, 3.63) is 120 Å². The van der Waals surface area contributed by atoms with Crippen molar-refractivity contribution < 1.29 is 28.8 Å². The van der Waals surface area contributed by atoms with Gasteiger partial charge in [-0.25, -0.2) is 0 Å². The summed E-state index contributed by atoms with van der Waals surface area (Å²) >= 11 is 0. The maximum absolute atomic E-state index is 10.9. The van der Waals surface area contributed by atoms with Gasteiger partial charge in [0.05, 0.1) is 33.0 Å². The van der Waals surface area contributed by atoms with Gasteiger partial charge in [0.15, 0.2) is 6.29 Å². The van der Waals surface area contributed by atoms with Gasteiger partial charge in [0, 0.05) is 0 Å². The largest absolute Gasteiger partial charge is 0.374 e. The van der Waals surface area contributed by atoms with Crippen molar-refractivity contribution in [2.45, 2.75) is 50.5 Å². The molecule has 36 heavy (non-hydrogen) atoms. The molecule has 0 saturated carbocycles. The lowest BCUT2D eigenvalue weighted by Gasteiger charge is -2.44. The van der Waals surface area contributed by atoms with Crippen LogP contribution in [0.2, 0.25) is 0 Å². The fourth-order valence-corrected chi connectivity index (χ4v) is 4.18. The summed E-state index contributed by atoms with van der Waals surface area (Å²) in [6.07, 6.45) is -1.97. The second-order valence-electron chi connectivity index (χ2n) is 8.67. The van der Waals surface area contributed by atoms with E-state index in [2.05, 4.69) is 6.58 Å². The average molecular weight is 491 g/mol. The van der Waals surface area contributed by atoms with E-state index in [-0.39, 0.29) is 13.2 Å². The first-order chi connectivity index (χ1) is 17.7. The van der Waals surface area contributed by atoms with E-state index in [0.29, 0.717) is 19.8 Å². The van der Waals surface area contributed by atoms with E-state index in [9.17, 15) is 5.11 Å². The normalized spacial score (nSPS) is 23.9. The van der Waals surface area contributed by atoms with Gasteiger partial charge >= 0.3 is 0 Å². The zero-order chi connectivity index (χ0) is 25.0. The fourth-order valence-electron chi connectivity index (χ4n) is 4.18. The zero-order valence-corrected chi connectivity index (χ0v) is 20.4. The molecule has 1 saturated heterocycles. The number of benzene rings is 3. The predicted molar refractivity (Wildman–Crippen MR) is 137 cm³/mol. The molecule has 1 N–H and O–H groups in total. The monoisotopic (exact) mass is 490 g/mol. The van der Waals surface area contributed by atoms with E-state index < -0.39 is 30.7 Å². The molecule has 190 valence electrons. The van der Waals surface area contributed by atoms with Crippen LogP contribution >= 0.6 is 0 Å². The van der Waals surface area contributed by atoms with Crippen LogP contribution in [0.25, 0.3) is 0 Å². The third-order valence-electron chi connectivity index (χ3n) is 5.98. The highest BCUT2D eigenvalue weighted by Gasteiger charge is 2.47. The molecule has 0 spiro atoms. The summed E-state index contributed by atoms with van der Waals surface area (Å²) in [7, 11) is 0. The SMILES string of the molecule is C=CCO[C@H]1[C@H](OCc2ccccc2)[C@@H](COCc2ccccc2)OC(O)[C@H]1OCc1ccccc1. The highest BCUT2D eigenvalue weighted by molar-refractivity contribution is 5.15. The number of aliphatic hydroxyl groups is 1. The number of aliphatic hydroxyl groups excluding tert-OH is 1. The highest BCUT2D eigenvalue weighted by atomic mass is 16.7. The smallest absolute Gasteiger partial charge is 0.184 e. The Morgan fingerprint density at radius 2 is 1.17 bits per heavy atom. The molecular weight excluding hydrogens is 456 g/mol. The van der Waals surface area contributed by atoms with Crippen LogP contribution in [0.4, 0.5) is 0 Å². The van der Waals surface area contributed by atoms with Crippen molar-refractivity contribution >= 4 is 0 Å². The molecule has 3 aromatic carbocycles. The van der Waals surface area contributed by atoms with E-state index in [1.54, 1.807) is 6.08 Å². The maximum Gasteiger partial charge on any atom is 0.184 e. The van der Waals surface area contributed by atoms with E-state index >= 15 is 0 Å². The minimum absolute atomic E-state index is 0.227. The fraction of sp³-hybridized carbons (Fsp3) is 0.333. The van der Waals surface area contributed by atoms with Gasteiger partial charge in [0.1, 0.15) is 24.4 Å². The Bertz CT molecular complexity index is 1010. The Hall–Kier alpha value is -2.84. The molecule has 3 aromatic rings. The van der Waals surface area contributed by atoms with E-state index in [0.717, 1.165) is 16.7 Å². The molecule has 5 atom stereocenters. The lowest BCUT2D eigenvalue weighted by molar-refractivity contribution is -0.314. The summed E-state index contributed by atoms with van der Waals surface area (Å²) in [4.78, 5) is 0. The predicted octanol–water partition coefficient (Wildman–Crippen LogP) is 4.66. The third kappa shape index (κ3) is 7.58. The molecule has 4 rings (SSSR count). The molecule has 0 aromatic heterocycles. The third-order valence-corrected chi connectivity index (χ3v) is 5.98. The molecule has 1 unspecified atom stereocenters. The quantitative estimate of drug-likeness (QED) is 0.352. The van der Waals surface area contributed by atoms with Crippen LogP contribution < -0.4 is 0 Å². The summed E-state index contributed by atoms with van der Waals surface area (Å²) in [5.41, 5.74) is 3.07. The van der Waals surface area contributed by atoms with Crippen molar-refractivity contribution in [1.29, 1.82) is 0 Å². The van der Waals surface area contributed by atoms with Crippen molar-refractivity contribution in [2.24, 2.45) is 0 Å². The second-order valence-corrected chi connectivity index (χ2v) is 8.67. The summed E-state index contributed by atoms with van der Waals surface area (Å²) in [5.74, 6) is 0. The molecule has 6 heteroatoms. The molecule has 1 heterocycles. The topological polar surface area (TPSA) is 66.4 Å². The van der Waals surface area contributed by atoms with Crippen LogP contribution in [-0.2, 0) is 43.5 Å². The Balaban J connectivity index is 1.49. The average Bonchev–Trinajstić information content (AvgIpc) is 2.92. The minimum Gasteiger partial charge on any atom is -0.374 e. The molecule has 1 fully saturated rings. The van der Waals surface area contributed by atoms with Gasteiger partial charge in [-0.2, -0.15) is 0 Å². The second kappa shape index (κ2) is 14.0. The molecular formula is C30H34O6. The van der Waals surface area contributed by atoms with Crippen molar-refractivity contribution in [2.75, 3.05) is 13.2 Å². The molecule has 0 bridgehead atoms. The van der Waals surface area contributed by atoms with Crippen LogP contribution in [0.3, 0.4) is 0 Å². The molecule has 0 radical (unpaired) electrons. The summed E-state index contributed by atoms with van der Waals surface area (Å²) < 4.78 is 30.6. The van der Waals surface area contributed by atoms with Gasteiger partial charge in [-0.15, -0.1) is 6.58 Å². The Labute approximate surface area is 213 Å². The van der Waals surface area contributed by atoms with Crippen LogP contribution in [-0.4, -0.2) is 49.0 Å². The van der Waals surface area contributed by atoms with Gasteiger partial charge in [0.2, 0.25) is 0 Å². The van der Waals surface area contributed by atoms with Crippen LogP contribution in [0, 0.1) is 0 Å². The van der Waals surface area contributed by atoms with E-state index in [4.69, 9.17) is 23.7 Å².